The summed E-state index contributed by atoms with van der Waals surface area (Å²) in [7, 11) is 0. The van der Waals surface area contributed by atoms with Crippen LogP contribution < -0.4 is 23.7 Å². The first-order valence-corrected chi connectivity index (χ1v) is 8.55. The maximum absolute atomic E-state index is 12.0. The van der Waals surface area contributed by atoms with E-state index < -0.39 is 17.7 Å². The van der Waals surface area contributed by atoms with Crippen molar-refractivity contribution in [2.45, 2.75) is 26.6 Å². The van der Waals surface area contributed by atoms with Gasteiger partial charge in [0.25, 0.3) is 0 Å². The number of rotatable bonds is 6. The minimum Gasteiger partial charge on any atom is -0.482 e. The molecule has 2 aromatic rings. The standard InChI is InChI=1S/C21H20O7/c1-13(2)20(23)26-15-7-5-14(6-8-15)24-12-19(22)25-16-9-10-17-18(11-16)28-21(3,4)27-17/h5-11H,1,12H2,2-4H3. The normalized spacial score (nSPS) is 13.5. The summed E-state index contributed by atoms with van der Waals surface area (Å²) in [5.41, 5.74) is 0.301. The quantitative estimate of drug-likeness (QED) is 0.427. The van der Waals surface area contributed by atoms with Gasteiger partial charge in [-0.15, -0.1) is 0 Å². The minimum absolute atomic E-state index is 0.287. The van der Waals surface area contributed by atoms with E-state index in [1.54, 1.807) is 63.2 Å². The van der Waals surface area contributed by atoms with Crippen LogP contribution >= 0.6 is 0 Å². The molecule has 146 valence electrons. The van der Waals surface area contributed by atoms with Crippen molar-refractivity contribution in [1.82, 2.24) is 0 Å². The fourth-order valence-corrected chi connectivity index (χ4v) is 2.37. The lowest BCUT2D eigenvalue weighted by Gasteiger charge is -2.16. The van der Waals surface area contributed by atoms with Gasteiger partial charge >= 0.3 is 11.9 Å². The summed E-state index contributed by atoms with van der Waals surface area (Å²) in [6, 6.07) is 11.2. The van der Waals surface area contributed by atoms with Crippen LogP contribution in [0.3, 0.4) is 0 Å². The van der Waals surface area contributed by atoms with Crippen LogP contribution in [-0.4, -0.2) is 24.3 Å². The lowest BCUT2D eigenvalue weighted by molar-refractivity contribution is -0.136. The van der Waals surface area contributed by atoms with Gasteiger partial charge in [-0.2, -0.15) is 0 Å². The van der Waals surface area contributed by atoms with Crippen molar-refractivity contribution in [2.75, 3.05) is 6.61 Å². The Labute approximate surface area is 162 Å². The number of carbonyl (C=O) groups is 2. The minimum atomic E-state index is -0.751. The SMILES string of the molecule is C=C(C)C(=O)Oc1ccc(OCC(=O)Oc2ccc3c(c2)OC(C)(C)O3)cc1. The second kappa shape index (κ2) is 7.64. The predicted molar refractivity (Wildman–Crippen MR) is 99.8 cm³/mol. The van der Waals surface area contributed by atoms with Gasteiger partial charge in [-0.25, -0.2) is 9.59 Å². The average molecular weight is 384 g/mol. The highest BCUT2D eigenvalue weighted by Gasteiger charge is 2.31. The van der Waals surface area contributed by atoms with Gasteiger partial charge in [-0.1, -0.05) is 6.58 Å². The lowest BCUT2D eigenvalue weighted by Crippen LogP contribution is -2.29. The van der Waals surface area contributed by atoms with Crippen molar-refractivity contribution in [3.63, 3.8) is 0 Å². The Balaban J connectivity index is 1.51. The van der Waals surface area contributed by atoms with Gasteiger partial charge in [0.05, 0.1) is 0 Å². The van der Waals surface area contributed by atoms with Crippen LogP contribution in [0.15, 0.2) is 54.6 Å². The van der Waals surface area contributed by atoms with E-state index in [0.717, 1.165) is 0 Å². The first-order valence-electron chi connectivity index (χ1n) is 8.55. The van der Waals surface area contributed by atoms with Crippen molar-refractivity contribution < 1.29 is 33.3 Å². The number of ether oxygens (including phenoxy) is 5. The summed E-state index contributed by atoms with van der Waals surface area (Å²) < 4.78 is 26.9. The first kappa shape index (κ1) is 19.3. The van der Waals surface area contributed by atoms with Gasteiger partial charge in [0.15, 0.2) is 18.1 Å². The van der Waals surface area contributed by atoms with Crippen molar-refractivity contribution >= 4 is 11.9 Å². The molecule has 1 aliphatic rings. The first-order chi connectivity index (χ1) is 13.2. The molecule has 0 aromatic heterocycles. The van der Waals surface area contributed by atoms with Gasteiger partial charge in [-0.05, 0) is 43.3 Å². The molecule has 0 aliphatic carbocycles. The molecular weight excluding hydrogens is 364 g/mol. The molecule has 1 aliphatic heterocycles. The molecule has 0 saturated carbocycles. The molecule has 28 heavy (non-hydrogen) atoms. The van der Waals surface area contributed by atoms with Crippen LogP contribution in [0.5, 0.6) is 28.7 Å². The molecular formula is C21H20O7. The van der Waals surface area contributed by atoms with E-state index in [-0.39, 0.29) is 6.61 Å². The Hall–Kier alpha value is -3.48. The Morgan fingerprint density at radius 2 is 1.54 bits per heavy atom. The Bertz CT molecular complexity index is 913. The summed E-state index contributed by atoms with van der Waals surface area (Å²) in [5.74, 6) is 0.380. The van der Waals surface area contributed by atoms with Crippen LogP contribution in [0, 0.1) is 0 Å². The van der Waals surface area contributed by atoms with Gasteiger partial charge < -0.3 is 23.7 Å². The van der Waals surface area contributed by atoms with Gasteiger partial charge in [0.2, 0.25) is 5.79 Å². The monoisotopic (exact) mass is 384 g/mol. The molecule has 0 spiro atoms. The molecule has 0 saturated heterocycles. The molecule has 0 fully saturated rings. The second-order valence-electron chi connectivity index (χ2n) is 6.62. The van der Waals surface area contributed by atoms with E-state index in [9.17, 15) is 9.59 Å². The van der Waals surface area contributed by atoms with Crippen molar-refractivity contribution in [1.29, 1.82) is 0 Å². The molecule has 2 aromatic carbocycles. The van der Waals surface area contributed by atoms with E-state index in [2.05, 4.69) is 6.58 Å². The summed E-state index contributed by atoms with van der Waals surface area (Å²) in [6.07, 6.45) is 0. The number of carbonyl (C=O) groups excluding carboxylic acids is 2. The Morgan fingerprint density at radius 3 is 2.21 bits per heavy atom. The summed E-state index contributed by atoms with van der Waals surface area (Å²) in [6.45, 7) is 8.37. The third kappa shape index (κ3) is 4.82. The average Bonchev–Trinajstić information content (AvgIpc) is 2.94. The molecule has 0 N–H and O–H groups in total. The van der Waals surface area contributed by atoms with Crippen molar-refractivity contribution in [3.8, 4) is 28.7 Å². The zero-order valence-electron chi connectivity index (χ0n) is 15.8. The van der Waals surface area contributed by atoms with Crippen LogP contribution in [0.1, 0.15) is 20.8 Å². The van der Waals surface area contributed by atoms with Crippen LogP contribution in [0.2, 0.25) is 0 Å². The van der Waals surface area contributed by atoms with Crippen molar-refractivity contribution in [3.05, 3.63) is 54.6 Å². The fraction of sp³-hybridized carbons (Fsp3) is 0.238. The molecule has 0 radical (unpaired) electrons. The molecule has 1 heterocycles. The highest BCUT2D eigenvalue weighted by Crippen LogP contribution is 2.41. The van der Waals surface area contributed by atoms with Gasteiger partial charge in [-0.3, -0.25) is 0 Å². The molecule has 0 unspecified atom stereocenters. The second-order valence-corrected chi connectivity index (χ2v) is 6.62. The Morgan fingerprint density at radius 1 is 0.929 bits per heavy atom. The highest BCUT2D eigenvalue weighted by atomic mass is 16.7. The number of fused-ring (bicyclic) bond motifs is 1. The number of hydrogen-bond donors (Lipinski definition) is 0. The van der Waals surface area contributed by atoms with E-state index in [0.29, 0.717) is 34.3 Å². The summed E-state index contributed by atoms with van der Waals surface area (Å²) >= 11 is 0. The van der Waals surface area contributed by atoms with Crippen LogP contribution in [0.25, 0.3) is 0 Å². The third-order valence-electron chi connectivity index (χ3n) is 3.60. The fourth-order valence-electron chi connectivity index (χ4n) is 2.37. The molecule has 3 rings (SSSR count). The molecule has 0 amide bonds. The van der Waals surface area contributed by atoms with E-state index >= 15 is 0 Å². The molecule has 7 nitrogen and oxygen atoms in total. The predicted octanol–water partition coefficient (Wildman–Crippen LogP) is 3.66. The maximum Gasteiger partial charge on any atom is 0.349 e. The van der Waals surface area contributed by atoms with Gasteiger partial charge in [0, 0.05) is 25.5 Å². The number of esters is 2. The van der Waals surface area contributed by atoms with E-state index in [1.807, 2.05) is 0 Å². The third-order valence-corrected chi connectivity index (χ3v) is 3.60. The van der Waals surface area contributed by atoms with Crippen LogP contribution in [0.4, 0.5) is 0 Å². The molecule has 7 heteroatoms. The number of hydrogen-bond acceptors (Lipinski definition) is 7. The summed E-state index contributed by atoms with van der Waals surface area (Å²) in [4.78, 5) is 23.5. The van der Waals surface area contributed by atoms with E-state index in [1.165, 1.54) is 0 Å². The summed E-state index contributed by atoms with van der Waals surface area (Å²) in [5, 5.41) is 0. The maximum atomic E-state index is 12.0. The smallest absolute Gasteiger partial charge is 0.349 e. The molecule has 0 atom stereocenters. The van der Waals surface area contributed by atoms with Gasteiger partial charge in [0.1, 0.15) is 17.2 Å². The zero-order chi connectivity index (χ0) is 20.3. The van der Waals surface area contributed by atoms with E-state index in [4.69, 9.17) is 23.7 Å². The number of benzene rings is 2. The Kier molecular flexibility index (Phi) is 5.26. The topological polar surface area (TPSA) is 80.3 Å². The van der Waals surface area contributed by atoms with Crippen LogP contribution in [-0.2, 0) is 9.59 Å². The molecule has 0 bridgehead atoms. The lowest BCUT2D eigenvalue weighted by atomic mass is 10.3. The highest BCUT2D eigenvalue weighted by molar-refractivity contribution is 5.88. The largest absolute Gasteiger partial charge is 0.482 e. The zero-order valence-corrected chi connectivity index (χ0v) is 15.8. The van der Waals surface area contributed by atoms with Crippen molar-refractivity contribution in [2.24, 2.45) is 0 Å².